The number of rotatable bonds is 10. The van der Waals surface area contributed by atoms with Crippen molar-refractivity contribution in [2.24, 2.45) is 0 Å². The van der Waals surface area contributed by atoms with Crippen molar-refractivity contribution in [2.45, 2.75) is 11.8 Å². The lowest BCUT2D eigenvalue weighted by molar-refractivity contribution is 0.0405. The van der Waals surface area contributed by atoms with E-state index in [-0.39, 0.29) is 4.90 Å². The van der Waals surface area contributed by atoms with Gasteiger partial charge in [-0.1, -0.05) is 24.3 Å². The summed E-state index contributed by atoms with van der Waals surface area (Å²) >= 11 is 0. The highest BCUT2D eigenvalue weighted by molar-refractivity contribution is 7.85. The number of hydrogen-bond acceptors (Lipinski definition) is 5. The topological polar surface area (TPSA) is 82.1 Å². The van der Waals surface area contributed by atoms with Gasteiger partial charge in [0.05, 0.1) is 24.7 Å². The fourth-order valence-electron chi connectivity index (χ4n) is 2.15. The molecule has 6 nitrogen and oxygen atoms in total. The Morgan fingerprint density at radius 3 is 1.88 bits per heavy atom. The summed E-state index contributed by atoms with van der Waals surface area (Å²) in [6.07, 6.45) is 0. The summed E-state index contributed by atoms with van der Waals surface area (Å²) in [5.74, 6) is 0.728. The lowest BCUT2D eigenvalue weighted by Gasteiger charge is -2.08. The number of benzene rings is 2. The van der Waals surface area contributed by atoms with Crippen LogP contribution in [-0.4, -0.2) is 46.0 Å². The Hall–Kier alpha value is -1.93. The van der Waals surface area contributed by atoms with Gasteiger partial charge in [-0.2, -0.15) is 8.42 Å². The quantitative estimate of drug-likeness (QED) is 0.514. The molecular weight excluding hydrogens is 344 g/mol. The SMILES string of the molecule is CCOCCOCCOc1ccc(-c2ccc(S(=O)(=O)O)cc2)cc1. The smallest absolute Gasteiger partial charge is 0.294 e. The molecule has 0 aromatic heterocycles. The van der Waals surface area contributed by atoms with E-state index in [1.807, 2.05) is 31.2 Å². The van der Waals surface area contributed by atoms with Crippen molar-refractivity contribution >= 4 is 10.1 Å². The van der Waals surface area contributed by atoms with E-state index in [1.54, 1.807) is 12.1 Å². The Balaban J connectivity index is 1.83. The van der Waals surface area contributed by atoms with E-state index in [2.05, 4.69) is 0 Å². The second-order valence-electron chi connectivity index (χ2n) is 5.18. The van der Waals surface area contributed by atoms with E-state index in [9.17, 15) is 8.42 Å². The molecule has 0 spiro atoms. The van der Waals surface area contributed by atoms with Gasteiger partial charge in [0.1, 0.15) is 12.4 Å². The van der Waals surface area contributed by atoms with E-state index in [0.29, 0.717) is 33.0 Å². The summed E-state index contributed by atoms with van der Waals surface area (Å²) in [5, 5.41) is 0. The normalized spacial score (nSPS) is 11.4. The average molecular weight is 366 g/mol. The molecule has 0 unspecified atom stereocenters. The molecule has 0 fully saturated rings. The van der Waals surface area contributed by atoms with Crippen LogP contribution in [0.4, 0.5) is 0 Å². The lowest BCUT2D eigenvalue weighted by Crippen LogP contribution is -2.10. The minimum absolute atomic E-state index is 0.124. The van der Waals surface area contributed by atoms with Crippen molar-refractivity contribution in [2.75, 3.05) is 33.0 Å². The summed E-state index contributed by atoms with van der Waals surface area (Å²) in [6.45, 7) is 4.71. The van der Waals surface area contributed by atoms with Crippen molar-refractivity contribution in [1.29, 1.82) is 0 Å². The van der Waals surface area contributed by atoms with Crippen LogP contribution in [0.25, 0.3) is 11.1 Å². The highest BCUT2D eigenvalue weighted by atomic mass is 32.2. The van der Waals surface area contributed by atoms with Crippen molar-refractivity contribution in [3.63, 3.8) is 0 Å². The molecule has 0 atom stereocenters. The predicted octanol–water partition coefficient (Wildman–Crippen LogP) is 3.03. The van der Waals surface area contributed by atoms with Gasteiger partial charge in [0.2, 0.25) is 0 Å². The first-order valence-electron chi connectivity index (χ1n) is 7.97. The Labute approximate surface area is 148 Å². The molecule has 0 radical (unpaired) electrons. The Bertz CT molecular complexity index is 738. The fourth-order valence-corrected chi connectivity index (χ4v) is 2.63. The molecule has 0 aliphatic heterocycles. The van der Waals surface area contributed by atoms with E-state index in [1.165, 1.54) is 12.1 Å². The van der Waals surface area contributed by atoms with Gasteiger partial charge in [-0.05, 0) is 42.3 Å². The van der Waals surface area contributed by atoms with Gasteiger partial charge in [-0.3, -0.25) is 4.55 Å². The van der Waals surface area contributed by atoms with Crippen molar-refractivity contribution < 1.29 is 27.2 Å². The molecule has 136 valence electrons. The first kappa shape index (κ1) is 19.4. The first-order chi connectivity index (χ1) is 12.0. The zero-order valence-corrected chi connectivity index (χ0v) is 14.9. The van der Waals surface area contributed by atoms with Gasteiger partial charge in [0.25, 0.3) is 10.1 Å². The lowest BCUT2D eigenvalue weighted by atomic mass is 10.1. The molecule has 7 heteroatoms. The molecular formula is C18H22O6S. The van der Waals surface area contributed by atoms with Gasteiger partial charge in [0.15, 0.2) is 0 Å². The molecule has 0 heterocycles. The third kappa shape index (κ3) is 6.47. The van der Waals surface area contributed by atoms with E-state index >= 15 is 0 Å². The van der Waals surface area contributed by atoms with Crippen LogP contribution in [0.3, 0.4) is 0 Å². The highest BCUT2D eigenvalue weighted by Gasteiger charge is 2.09. The number of ether oxygens (including phenoxy) is 3. The summed E-state index contributed by atoms with van der Waals surface area (Å²) in [7, 11) is -4.17. The third-order valence-electron chi connectivity index (χ3n) is 3.41. The molecule has 0 bridgehead atoms. The molecule has 0 saturated carbocycles. The van der Waals surface area contributed by atoms with E-state index < -0.39 is 10.1 Å². The van der Waals surface area contributed by atoms with Crippen LogP contribution in [0.2, 0.25) is 0 Å². The van der Waals surface area contributed by atoms with Crippen LogP contribution in [0.15, 0.2) is 53.4 Å². The van der Waals surface area contributed by atoms with Crippen molar-refractivity contribution in [1.82, 2.24) is 0 Å². The maximum atomic E-state index is 11.0. The van der Waals surface area contributed by atoms with Gasteiger partial charge in [-0.25, -0.2) is 0 Å². The van der Waals surface area contributed by atoms with Gasteiger partial charge >= 0.3 is 0 Å². The highest BCUT2D eigenvalue weighted by Crippen LogP contribution is 2.23. The summed E-state index contributed by atoms with van der Waals surface area (Å²) in [5.41, 5.74) is 1.76. The molecule has 0 aliphatic carbocycles. The summed E-state index contributed by atoms with van der Waals surface area (Å²) in [4.78, 5) is -0.124. The maximum Gasteiger partial charge on any atom is 0.294 e. The average Bonchev–Trinajstić information content (AvgIpc) is 2.61. The minimum atomic E-state index is -4.17. The van der Waals surface area contributed by atoms with Crippen LogP contribution >= 0.6 is 0 Å². The van der Waals surface area contributed by atoms with Gasteiger partial charge in [0, 0.05) is 6.61 Å². The van der Waals surface area contributed by atoms with Crippen LogP contribution < -0.4 is 4.74 Å². The Kier molecular flexibility index (Phi) is 7.39. The van der Waals surface area contributed by atoms with Crippen molar-refractivity contribution in [3.8, 4) is 16.9 Å². The van der Waals surface area contributed by atoms with Crippen LogP contribution in [0.1, 0.15) is 6.92 Å². The van der Waals surface area contributed by atoms with Crippen LogP contribution in [-0.2, 0) is 19.6 Å². The van der Waals surface area contributed by atoms with Gasteiger partial charge in [-0.15, -0.1) is 0 Å². The minimum Gasteiger partial charge on any atom is -0.491 e. The maximum absolute atomic E-state index is 11.0. The Morgan fingerprint density at radius 2 is 1.32 bits per heavy atom. The zero-order chi connectivity index (χ0) is 18.1. The fraction of sp³-hybridized carbons (Fsp3) is 0.333. The zero-order valence-electron chi connectivity index (χ0n) is 14.1. The third-order valence-corrected chi connectivity index (χ3v) is 4.28. The van der Waals surface area contributed by atoms with Gasteiger partial charge < -0.3 is 14.2 Å². The van der Waals surface area contributed by atoms with E-state index in [4.69, 9.17) is 18.8 Å². The Morgan fingerprint density at radius 1 is 0.800 bits per heavy atom. The molecule has 2 rings (SSSR count). The van der Waals surface area contributed by atoms with Crippen molar-refractivity contribution in [3.05, 3.63) is 48.5 Å². The summed E-state index contributed by atoms with van der Waals surface area (Å²) < 4.78 is 47.2. The second kappa shape index (κ2) is 9.53. The predicted molar refractivity (Wildman–Crippen MR) is 94.5 cm³/mol. The molecule has 1 N–H and O–H groups in total. The second-order valence-corrected chi connectivity index (χ2v) is 6.60. The monoisotopic (exact) mass is 366 g/mol. The molecule has 2 aromatic rings. The van der Waals surface area contributed by atoms with Crippen LogP contribution in [0, 0.1) is 0 Å². The number of hydrogen-bond donors (Lipinski definition) is 1. The molecule has 0 saturated heterocycles. The first-order valence-corrected chi connectivity index (χ1v) is 9.41. The molecule has 25 heavy (non-hydrogen) atoms. The van der Waals surface area contributed by atoms with E-state index in [0.717, 1.165) is 16.9 Å². The standard InChI is InChI=1S/C18H22O6S/c1-2-22-11-12-23-13-14-24-17-7-3-15(4-8-17)16-5-9-18(10-6-16)25(19,20)21/h3-10H,2,11-14H2,1H3,(H,19,20,21). The summed E-state index contributed by atoms with van der Waals surface area (Å²) in [6, 6.07) is 13.5. The molecule has 2 aromatic carbocycles. The largest absolute Gasteiger partial charge is 0.491 e. The molecule has 0 aliphatic rings. The van der Waals surface area contributed by atoms with Crippen LogP contribution in [0.5, 0.6) is 5.75 Å². The molecule has 0 amide bonds.